The number of carboxylic acids is 1. The van der Waals surface area contributed by atoms with E-state index in [-0.39, 0.29) is 16.0 Å². The number of nitrogens with one attached hydrogen (secondary N) is 1. The summed E-state index contributed by atoms with van der Waals surface area (Å²) in [5.41, 5.74) is -0.0227. The number of carboxylic acid groups (broad SMARTS) is 1. The first-order valence-corrected chi connectivity index (χ1v) is 7.83. The van der Waals surface area contributed by atoms with E-state index < -0.39 is 40.4 Å². The molecule has 0 bridgehead atoms. The minimum Gasteiger partial charge on any atom is -0.480 e. The minimum absolute atomic E-state index is 0.00323. The Labute approximate surface area is 126 Å². The Morgan fingerprint density at radius 1 is 1.32 bits per heavy atom. The molecule has 0 radical (unpaired) electrons. The normalized spacial score (nSPS) is 15.8. The molecule has 1 aromatic rings. The van der Waals surface area contributed by atoms with Crippen LogP contribution in [0.5, 0.6) is 0 Å². The molecule has 0 aromatic heterocycles. The number of sulfonamides is 1. The van der Waals surface area contributed by atoms with Gasteiger partial charge in [-0.05, 0) is 32.0 Å². The second kappa shape index (κ2) is 5.41. The van der Waals surface area contributed by atoms with Gasteiger partial charge in [-0.15, -0.1) is 0 Å². The maximum Gasteiger partial charge on any atom is 0.322 e. The van der Waals surface area contributed by atoms with Gasteiger partial charge in [-0.1, -0.05) is 0 Å². The zero-order valence-corrected chi connectivity index (χ0v) is 12.7. The minimum atomic E-state index is -3.99. The molecule has 1 aromatic carbocycles. The van der Waals surface area contributed by atoms with E-state index in [9.17, 15) is 22.8 Å². The summed E-state index contributed by atoms with van der Waals surface area (Å²) < 4.78 is 25.5. The van der Waals surface area contributed by atoms with Gasteiger partial charge in [0.05, 0.1) is 5.56 Å². The maximum absolute atomic E-state index is 12.4. The summed E-state index contributed by atoms with van der Waals surface area (Å²) in [6.07, 6.45) is 0. The smallest absolute Gasteiger partial charge is 0.322 e. The number of aliphatic carboxylic acids is 1. The second-order valence-electron chi connectivity index (χ2n) is 4.99. The average Bonchev–Trinajstić information content (AvgIpc) is 2.62. The molecule has 0 spiro atoms. The van der Waals surface area contributed by atoms with Crippen LogP contribution in [-0.4, -0.2) is 48.2 Å². The van der Waals surface area contributed by atoms with Crippen molar-refractivity contribution in [2.45, 2.75) is 24.8 Å². The summed E-state index contributed by atoms with van der Waals surface area (Å²) in [6.45, 7) is 2.56. The van der Waals surface area contributed by atoms with Crippen LogP contribution in [0.4, 0.5) is 0 Å². The standard InChI is InChI=1S/C13H14N2O6S/c1-7(2)15-13(19)9-4-3-8(5-10(9)22(15,20)21)12(18)14-6-11(16)17/h3-5,7H,6H2,1-2H3,(H,14,18)(H,16,17). The van der Waals surface area contributed by atoms with E-state index in [1.807, 2.05) is 0 Å². The Kier molecular flexibility index (Phi) is 3.92. The molecule has 2 amide bonds. The zero-order valence-electron chi connectivity index (χ0n) is 11.9. The predicted molar refractivity (Wildman–Crippen MR) is 74.9 cm³/mol. The van der Waals surface area contributed by atoms with Crippen molar-refractivity contribution >= 4 is 27.8 Å². The molecule has 22 heavy (non-hydrogen) atoms. The van der Waals surface area contributed by atoms with Gasteiger partial charge in [-0.3, -0.25) is 14.4 Å². The van der Waals surface area contributed by atoms with Crippen LogP contribution in [0.25, 0.3) is 0 Å². The van der Waals surface area contributed by atoms with E-state index in [0.29, 0.717) is 0 Å². The molecule has 2 rings (SSSR count). The van der Waals surface area contributed by atoms with Crippen LogP contribution in [-0.2, 0) is 14.8 Å². The SMILES string of the molecule is CC(C)N1C(=O)c2ccc(C(=O)NCC(=O)O)cc2S1(=O)=O. The maximum atomic E-state index is 12.4. The third kappa shape index (κ3) is 2.54. The molecule has 0 saturated carbocycles. The van der Waals surface area contributed by atoms with Crippen molar-refractivity contribution in [2.24, 2.45) is 0 Å². The first-order valence-electron chi connectivity index (χ1n) is 6.39. The fraction of sp³-hybridized carbons (Fsp3) is 0.308. The zero-order chi connectivity index (χ0) is 16.7. The quantitative estimate of drug-likeness (QED) is 0.806. The van der Waals surface area contributed by atoms with E-state index >= 15 is 0 Å². The van der Waals surface area contributed by atoms with Crippen molar-refractivity contribution in [3.63, 3.8) is 0 Å². The number of carbonyl (C=O) groups is 3. The largest absolute Gasteiger partial charge is 0.480 e. The van der Waals surface area contributed by atoms with Gasteiger partial charge in [-0.25, -0.2) is 12.7 Å². The molecule has 1 heterocycles. The fourth-order valence-corrected chi connectivity index (χ4v) is 3.95. The van der Waals surface area contributed by atoms with Gasteiger partial charge in [0.25, 0.3) is 21.8 Å². The number of nitrogens with zero attached hydrogens (tertiary/aromatic N) is 1. The third-order valence-corrected chi connectivity index (χ3v) is 5.08. The van der Waals surface area contributed by atoms with Gasteiger partial charge in [0, 0.05) is 11.6 Å². The lowest BCUT2D eigenvalue weighted by Gasteiger charge is -2.18. The van der Waals surface area contributed by atoms with Crippen LogP contribution < -0.4 is 5.32 Å². The highest BCUT2D eigenvalue weighted by Crippen LogP contribution is 2.32. The van der Waals surface area contributed by atoms with Crippen molar-refractivity contribution in [1.29, 1.82) is 0 Å². The number of carbonyl (C=O) groups excluding carboxylic acids is 2. The summed E-state index contributed by atoms with van der Waals surface area (Å²) in [5.74, 6) is -2.58. The monoisotopic (exact) mass is 326 g/mol. The summed E-state index contributed by atoms with van der Waals surface area (Å²) >= 11 is 0. The first kappa shape index (κ1) is 16.0. The highest BCUT2D eigenvalue weighted by Gasteiger charge is 2.42. The molecule has 118 valence electrons. The van der Waals surface area contributed by atoms with Gasteiger partial charge in [0.15, 0.2) is 0 Å². The molecule has 2 N–H and O–H groups in total. The Balaban J connectivity index is 2.42. The number of benzene rings is 1. The Bertz CT molecular complexity index is 769. The van der Waals surface area contributed by atoms with Gasteiger partial charge in [0.2, 0.25) is 0 Å². The molecule has 0 aliphatic carbocycles. The molecule has 0 unspecified atom stereocenters. The third-order valence-electron chi connectivity index (χ3n) is 3.08. The predicted octanol–water partition coefficient (Wildman–Crippen LogP) is 0.0539. The van der Waals surface area contributed by atoms with E-state index in [1.54, 1.807) is 13.8 Å². The Morgan fingerprint density at radius 2 is 1.95 bits per heavy atom. The van der Waals surface area contributed by atoms with E-state index in [2.05, 4.69) is 5.32 Å². The Hall–Kier alpha value is -2.42. The topological polar surface area (TPSA) is 121 Å². The van der Waals surface area contributed by atoms with Gasteiger partial charge in [-0.2, -0.15) is 0 Å². The Morgan fingerprint density at radius 3 is 2.50 bits per heavy atom. The van der Waals surface area contributed by atoms with Crippen molar-refractivity contribution in [2.75, 3.05) is 6.54 Å². The van der Waals surface area contributed by atoms with Crippen LogP contribution in [0.3, 0.4) is 0 Å². The fourth-order valence-electron chi connectivity index (χ4n) is 2.16. The number of amides is 2. The van der Waals surface area contributed by atoms with Crippen molar-refractivity contribution in [3.05, 3.63) is 29.3 Å². The lowest BCUT2D eigenvalue weighted by atomic mass is 10.1. The van der Waals surface area contributed by atoms with Crippen LogP contribution >= 0.6 is 0 Å². The number of hydrogen-bond donors (Lipinski definition) is 2. The van der Waals surface area contributed by atoms with E-state index in [1.165, 1.54) is 12.1 Å². The molecular weight excluding hydrogens is 312 g/mol. The molecule has 8 nitrogen and oxygen atoms in total. The number of hydrogen-bond acceptors (Lipinski definition) is 5. The summed E-state index contributed by atoms with van der Waals surface area (Å²) in [6, 6.07) is 3.08. The average molecular weight is 326 g/mol. The highest BCUT2D eigenvalue weighted by molar-refractivity contribution is 7.90. The van der Waals surface area contributed by atoms with E-state index in [4.69, 9.17) is 5.11 Å². The number of fused-ring (bicyclic) bond motifs is 1. The van der Waals surface area contributed by atoms with Crippen LogP contribution in [0.1, 0.15) is 34.6 Å². The molecule has 0 fully saturated rings. The highest BCUT2D eigenvalue weighted by atomic mass is 32.2. The summed E-state index contributed by atoms with van der Waals surface area (Å²) in [5, 5.41) is 10.6. The van der Waals surface area contributed by atoms with Crippen molar-refractivity contribution in [1.82, 2.24) is 9.62 Å². The van der Waals surface area contributed by atoms with Crippen LogP contribution in [0.15, 0.2) is 23.1 Å². The van der Waals surface area contributed by atoms with E-state index in [0.717, 1.165) is 10.4 Å². The second-order valence-corrected chi connectivity index (χ2v) is 6.77. The lowest BCUT2D eigenvalue weighted by molar-refractivity contribution is -0.135. The van der Waals surface area contributed by atoms with Crippen molar-refractivity contribution < 1.29 is 27.9 Å². The van der Waals surface area contributed by atoms with Gasteiger partial charge in [0.1, 0.15) is 11.4 Å². The molecule has 0 atom stereocenters. The van der Waals surface area contributed by atoms with Crippen molar-refractivity contribution in [3.8, 4) is 0 Å². The molecule has 0 saturated heterocycles. The van der Waals surface area contributed by atoms with Crippen LogP contribution in [0.2, 0.25) is 0 Å². The first-order chi connectivity index (χ1) is 10.2. The van der Waals surface area contributed by atoms with Gasteiger partial charge < -0.3 is 10.4 Å². The molecule has 9 heteroatoms. The lowest BCUT2D eigenvalue weighted by Crippen LogP contribution is -2.36. The van der Waals surface area contributed by atoms with Crippen LogP contribution in [0, 0.1) is 0 Å². The van der Waals surface area contributed by atoms with Gasteiger partial charge >= 0.3 is 5.97 Å². The summed E-state index contributed by atoms with van der Waals surface area (Å²) in [4.78, 5) is 34.1. The molecule has 1 aliphatic heterocycles. The molecule has 1 aliphatic rings. The molecular formula is C13H14N2O6S. The summed E-state index contributed by atoms with van der Waals surface area (Å²) in [7, 11) is -3.99. The number of rotatable bonds is 4.